The van der Waals surface area contributed by atoms with Crippen molar-refractivity contribution in [3.63, 3.8) is 0 Å². The molecule has 5 atom stereocenters. The zero-order chi connectivity index (χ0) is 29.3. The Morgan fingerprint density at radius 1 is 0.857 bits per heavy atom. The molecule has 0 radical (unpaired) electrons. The highest BCUT2D eigenvalue weighted by Gasteiger charge is 2.62. The van der Waals surface area contributed by atoms with Crippen molar-refractivity contribution in [2.45, 2.75) is 63.6 Å². The Hall–Kier alpha value is -4.21. The van der Waals surface area contributed by atoms with Gasteiger partial charge in [0, 0.05) is 17.7 Å². The second-order valence-electron chi connectivity index (χ2n) is 12.1. The Balaban J connectivity index is 1.35. The number of hydrogen-bond donors (Lipinski definition) is 3. The van der Waals surface area contributed by atoms with Gasteiger partial charge in [0.1, 0.15) is 17.9 Å². The highest BCUT2D eigenvalue weighted by Crippen LogP contribution is 2.52. The number of nitrogens with one attached hydrogen (secondary N) is 2. The number of para-hydroxylation sites is 3. The number of amides is 3. The lowest BCUT2D eigenvalue weighted by Gasteiger charge is -2.44. The fraction of sp³-hybridized carbons (Fsp3) is 0.364. The van der Waals surface area contributed by atoms with E-state index in [0.29, 0.717) is 52.6 Å². The molecule has 0 spiro atoms. The number of anilines is 3. The first-order valence-electron chi connectivity index (χ1n) is 14.7. The van der Waals surface area contributed by atoms with Gasteiger partial charge in [-0.15, -0.1) is 0 Å². The molecule has 216 valence electrons. The molecule has 1 saturated heterocycles. The first-order valence-corrected chi connectivity index (χ1v) is 14.7. The van der Waals surface area contributed by atoms with Gasteiger partial charge in [0.25, 0.3) is 11.8 Å². The van der Waals surface area contributed by atoms with Crippen LogP contribution in [-0.2, 0) is 10.4 Å². The number of carbonyl (C=O) groups is 3. The molecule has 1 fully saturated rings. The minimum atomic E-state index is -1.52. The third-order valence-electron chi connectivity index (χ3n) is 9.19. The summed E-state index contributed by atoms with van der Waals surface area (Å²) in [7, 11) is 0. The maximum atomic E-state index is 14.0. The van der Waals surface area contributed by atoms with Crippen LogP contribution in [0.1, 0.15) is 59.9 Å². The maximum absolute atomic E-state index is 14.0. The van der Waals surface area contributed by atoms with Gasteiger partial charge >= 0.3 is 0 Å². The monoisotopic (exact) mass is 565 g/mol. The summed E-state index contributed by atoms with van der Waals surface area (Å²) < 4.78 is 0. The lowest BCUT2D eigenvalue weighted by atomic mass is 9.84. The molecule has 0 bridgehead atoms. The van der Waals surface area contributed by atoms with E-state index in [9.17, 15) is 19.5 Å². The SMILES string of the molecule is CCN1[C@H]2N(C(=O)[C@@H]1CC(C)C)c1ccccc1[C@@]2(O)C[C@@H]1NC(=O)c2ccccc2N2C(=O)c3ccccc3NC12. The molecule has 3 amide bonds. The van der Waals surface area contributed by atoms with Crippen LogP contribution in [0, 0.1) is 5.92 Å². The van der Waals surface area contributed by atoms with E-state index in [0.717, 1.165) is 0 Å². The number of benzene rings is 3. The normalized spacial score (nSPS) is 28.0. The largest absolute Gasteiger partial charge is 0.381 e. The van der Waals surface area contributed by atoms with Crippen LogP contribution in [0.25, 0.3) is 0 Å². The van der Waals surface area contributed by atoms with Gasteiger partial charge in [0.15, 0.2) is 0 Å². The molecule has 7 rings (SSSR count). The minimum absolute atomic E-state index is 0.0160. The van der Waals surface area contributed by atoms with Crippen LogP contribution >= 0.6 is 0 Å². The average molecular weight is 566 g/mol. The van der Waals surface area contributed by atoms with E-state index in [1.165, 1.54) is 0 Å². The number of nitrogens with zero attached hydrogens (tertiary/aromatic N) is 3. The summed E-state index contributed by atoms with van der Waals surface area (Å²) in [6, 6.07) is 20.8. The summed E-state index contributed by atoms with van der Waals surface area (Å²) in [4.78, 5) is 47.2. The Labute approximate surface area is 245 Å². The van der Waals surface area contributed by atoms with Crippen molar-refractivity contribution in [3.8, 4) is 0 Å². The highest BCUT2D eigenvalue weighted by atomic mass is 16.3. The van der Waals surface area contributed by atoms with Gasteiger partial charge in [-0.25, -0.2) is 0 Å². The fourth-order valence-corrected chi connectivity index (χ4v) is 7.47. The Kier molecular flexibility index (Phi) is 6.14. The van der Waals surface area contributed by atoms with E-state index in [4.69, 9.17) is 0 Å². The Morgan fingerprint density at radius 2 is 1.52 bits per heavy atom. The molecule has 0 aliphatic carbocycles. The topological polar surface area (TPSA) is 105 Å². The van der Waals surface area contributed by atoms with Gasteiger partial charge in [0.05, 0.1) is 34.6 Å². The molecule has 1 unspecified atom stereocenters. The molecule has 0 saturated carbocycles. The fourth-order valence-electron chi connectivity index (χ4n) is 7.47. The van der Waals surface area contributed by atoms with Crippen molar-refractivity contribution in [1.82, 2.24) is 10.2 Å². The number of likely N-dealkylation sites (N-methyl/N-ethyl adjacent to an activating group) is 1. The first kappa shape index (κ1) is 26.7. The van der Waals surface area contributed by atoms with Crippen molar-refractivity contribution in [2.24, 2.45) is 5.92 Å². The summed E-state index contributed by atoms with van der Waals surface area (Å²) in [5.74, 6) is -0.255. The molecule has 3 N–H and O–H groups in total. The van der Waals surface area contributed by atoms with E-state index in [1.54, 1.807) is 34.1 Å². The van der Waals surface area contributed by atoms with Crippen LogP contribution in [0.4, 0.5) is 17.1 Å². The summed E-state index contributed by atoms with van der Waals surface area (Å²) in [5, 5.41) is 19.5. The number of aliphatic hydroxyl groups is 1. The molecular formula is C33H35N5O4. The quantitative estimate of drug-likeness (QED) is 0.434. The van der Waals surface area contributed by atoms with Crippen LogP contribution in [0.15, 0.2) is 72.8 Å². The Morgan fingerprint density at radius 3 is 2.26 bits per heavy atom. The van der Waals surface area contributed by atoms with Crippen molar-refractivity contribution in [3.05, 3.63) is 89.5 Å². The van der Waals surface area contributed by atoms with Crippen molar-refractivity contribution in [1.29, 1.82) is 0 Å². The summed E-state index contributed by atoms with van der Waals surface area (Å²) in [6.45, 7) is 6.78. The van der Waals surface area contributed by atoms with Gasteiger partial charge in [-0.2, -0.15) is 0 Å². The lowest BCUT2D eigenvalue weighted by molar-refractivity contribution is -0.120. The summed E-state index contributed by atoms with van der Waals surface area (Å²) in [6.07, 6.45) is -0.564. The summed E-state index contributed by atoms with van der Waals surface area (Å²) in [5.41, 5.74) is 1.92. The molecule has 4 aliphatic heterocycles. The second kappa shape index (κ2) is 9.68. The lowest BCUT2D eigenvalue weighted by Crippen LogP contribution is -2.61. The average Bonchev–Trinajstić information content (AvgIpc) is 3.36. The van der Waals surface area contributed by atoms with Crippen molar-refractivity contribution >= 4 is 34.8 Å². The molecule has 9 nitrogen and oxygen atoms in total. The van der Waals surface area contributed by atoms with Gasteiger partial charge < -0.3 is 15.7 Å². The molecule has 42 heavy (non-hydrogen) atoms. The van der Waals surface area contributed by atoms with E-state index in [-0.39, 0.29) is 30.2 Å². The number of rotatable bonds is 5. The van der Waals surface area contributed by atoms with E-state index >= 15 is 0 Å². The number of fused-ring (bicyclic) bond motifs is 7. The predicted octanol–water partition coefficient (Wildman–Crippen LogP) is 3.90. The zero-order valence-electron chi connectivity index (χ0n) is 23.9. The summed E-state index contributed by atoms with van der Waals surface area (Å²) >= 11 is 0. The van der Waals surface area contributed by atoms with E-state index in [1.807, 2.05) is 55.5 Å². The number of hydrogen-bond acceptors (Lipinski definition) is 6. The smallest absolute Gasteiger partial charge is 0.262 e. The molecule has 3 aromatic carbocycles. The van der Waals surface area contributed by atoms with Crippen LogP contribution in [-0.4, -0.2) is 58.7 Å². The van der Waals surface area contributed by atoms with Gasteiger partial charge in [-0.05, 0) is 49.2 Å². The minimum Gasteiger partial charge on any atom is -0.381 e. The van der Waals surface area contributed by atoms with E-state index in [2.05, 4.69) is 29.4 Å². The van der Waals surface area contributed by atoms with Crippen LogP contribution in [0.5, 0.6) is 0 Å². The van der Waals surface area contributed by atoms with Gasteiger partial charge in [-0.3, -0.25) is 29.1 Å². The van der Waals surface area contributed by atoms with Gasteiger partial charge in [-0.1, -0.05) is 63.2 Å². The molecule has 0 aromatic heterocycles. The van der Waals surface area contributed by atoms with Crippen molar-refractivity contribution < 1.29 is 19.5 Å². The third-order valence-corrected chi connectivity index (χ3v) is 9.19. The Bertz CT molecular complexity index is 1610. The molecule has 4 heterocycles. The maximum Gasteiger partial charge on any atom is 0.262 e. The predicted molar refractivity (Wildman–Crippen MR) is 160 cm³/mol. The highest BCUT2D eigenvalue weighted by molar-refractivity contribution is 6.15. The first-order chi connectivity index (χ1) is 20.2. The van der Waals surface area contributed by atoms with Gasteiger partial charge in [0.2, 0.25) is 5.91 Å². The molecule has 9 heteroatoms. The molecule has 3 aromatic rings. The third kappa shape index (κ3) is 3.73. The number of carbonyl (C=O) groups excluding carboxylic acids is 3. The molecular weight excluding hydrogens is 530 g/mol. The van der Waals surface area contributed by atoms with E-state index < -0.39 is 24.0 Å². The van der Waals surface area contributed by atoms with Crippen LogP contribution in [0.3, 0.4) is 0 Å². The van der Waals surface area contributed by atoms with Crippen molar-refractivity contribution in [2.75, 3.05) is 21.7 Å². The second-order valence-corrected chi connectivity index (χ2v) is 12.1. The molecule has 4 aliphatic rings. The van der Waals surface area contributed by atoms with Crippen LogP contribution < -0.4 is 20.4 Å². The van der Waals surface area contributed by atoms with Crippen LogP contribution in [0.2, 0.25) is 0 Å². The standard InChI is InChI=1S/C33H35N5O4/c1-4-36-27(17-19(2)3)31(41)38-26-16-10-7-13-22(26)33(42,32(36)38)18-24-28-34-23-14-8-5-11-20(23)30(40)37(28)25-15-9-6-12-21(25)29(39)35-24/h5-16,19,24,27-28,32,34,42H,4,17-18H2,1-3H3,(H,35,39)/t24-,27-,28?,32-,33-/m0/s1. The zero-order valence-corrected chi connectivity index (χ0v) is 23.9.